The fraction of sp³-hybridized carbons (Fsp3) is 0.692. The van der Waals surface area contributed by atoms with E-state index in [9.17, 15) is 4.79 Å². The lowest BCUT2D eigenvalue weighted by Gasteiger charge is -2.29. The van der Waals surface area contributed by atoms with Gasteiger partial charge in [0.1, 0.15) is 6.73 Å². The van der Waals surface area contributed by atoms with Crippen molar-refractivity contribution in [3.63, 3.8) is 0 Å². The van der Waals surface area contributed by atoms with E-state index < -0.39 is 10.0 Å². The van der Waals surface area contributed by atoms with Crippen LogP contribution in [0.3, 0.4) is 0 Å². The molecule has 0 aliphatic rings. The third-order valence-electron chi connectivity index (χ3n) is 3.23. The molecular formula is C13H25N3O3S. The minimum atomic E-state index is -0.529. The average Bonchev–Trinajstić information content (AvgIpc) is 2.90. The topological polar surface area (TPSA) is 56.6 Å². The average molecular weight is 303 g/mol. The van der Waals surface area contributed by atoms with Gasteiger partial charge in [-0.15, -0.1) is 0 Å². The van der Waals surface area contributed by atoms with Crippen LogP contribution in [-0.4, -0.2) is 65.5 Å². The summed E-state index contributed by atoms with van der Waals surface area (Å²) in [6.07, 6.45) is 7.79. The van der Waals surface area contributed by atoms with E-state index in [4.69, 9.17) is 9.57 Å². The lowest BCUT2D eigenvalue weighted by atomic mass is 10.3. The van der Waals surface area contributed by atoms with Crippen molar-refractivity contribution in [3.05, 3.63) is 18.0 Å². The molecule has 0 bridgehead atoms. The van der Waals surface area contributed by atoms with Crippen molar-refractivity contribution in [2.75, 3.05) is 44.8 Å². The maximum Gasteiger partial charge on any atom is 0.280 e. The van der Waals surface area contributed by atoms with Gasteiger partial charge in [-0.3, -0.25) is 9.63 Å². The highest BCUT2D eigenvalue weighted by atomic mass is 32.3. The number of carbonyl (C=O) groups excluding carboxylic acids is 1. The highest BCUT2D eigenvalue weighted by molar-refractivity contribution is 8.32. The van der Waals surface area contributed by atoms with E-state index in [1.54, 1.807) is 17.9 Å². The number of nitrogens with zero attached hydrogens (tertiary/aromatic N) is 3. The fourth-order valence-electron chi connectivity index (χ4n) is 1.40. The second-order valence-electron chi connectivity index (χ2n) is 5.05. The van der Waals surface area contributed by atoms with Gasteiger partial charge in [-0.1, -0.05) is 6.92 Å². The van der Waals surface area contributed by atoms with Gasteiger partial charge in [0, 0.05) is 19.0 Å². The van der Waals surface area contributed by atoms with Gasteiger partial charge >= 0.3 is 0 Å². The smallest absolute Gasteiger partial charge is 0.280 e. The molecule has 0 N–H and O–H groups in total. The van der Waals surface area contributed by atoms with Gasteiger partial charge in [0.25, 0.3) is 5.91 Å². The van der Waals surface area contributed by atoms with Gasteiger partial charge in [-0.05, 0) is 18.3 Å². The maximum absolute atomic E-state index is 11.8. The van der Waals surface area contributed by atoms with Gasteiger partial charge in [-0.2, -0.15) is 5.10 Å². The zero-order valence-electron chi connectivity index (χ0n) is 13.0. The number of hydrogen-bond donors (Lipinski definition) is 0. The van der Waals surface area contributed by atoms with Gasteiger partial charge in [0.05, 0.1) is 25.5 Å². The standard InChI is InChI=1S/C13H25N3O3S/c1-6-20(4,5)8-7-19-11-16-10-12(9-14-16)13(17)15(2)18-3/h9-10H,6-8,11H2,1-5H3. The Morgan fingerprint density at radius 3 is 2.80 bits per heavy atom. The molecular weight excluding hydrogens is 278 g/mol. The fourth-order valence-corrected chi connectivity index (χ4v) is 2.25. The van der Waals surface area contributed by atoms with Gasteiger partial charge in [0.15, 0.2) is 0 Å². The first-order chi connectivity index (χ1) is 9.39. The minimum Gasteiger partial charge on any atom is -0.358 e. The Bertz CT molecular complexity index is 434. The number of hydroxylamine groups is 2. The summed E-state index contributed by atoms with van der Waals surface area (Å²) in [6.45, 7) is 3.30. The molecule has 1 heterocycles. The molecule has 116 valence electrons. The van der Waals surface area contributed by atoms with E-state index in [0.717, 1.165) is 17.4 Å². The quantitative estimate of drug-likeness (QED) is 0.540. The second-order valence-corrected chi connectivity index (χ2v) is 9.57. The first-order valence-corrected chi connectivity index (χ1v) is 9.29. The molecule has 0 saturated carbocycles. The van der Waals surface area contributed by atoms with Crippen molar-refractivity contribution in [2.24, 2.45) is 0 Å². The van der Waals surface area contributed by atoms with Crippen molar-refractivity contribution in [2.45, 2.75) is 13.7 Å². The van der Waals surface area contributed by atoms with Crippen LogP contribution in [0, 0.1) is 0 Å². The molecule has 20 heavy (non-hydrogen) atoms. The summed E-state index contributed by atoms with van der Waals surface area (Å²) in [5.41, 5.74) is 0.484. The second kappa shape index (κ2) is 7.66. The Labute approximate surface area is 122 Å². The van der Waals surface area contributed by atoms with E-state index >= 15 is 0 Å². The van der Waals surface area contributed by atoms with Crippen LogP contribution in [0.1, 0.15) is 17.3 Å². The first-order valence-electron chi connectivity index (χ1n) is 6.50. The summed E-state index contributed by atoms with van der Waals surface area (Å²) < 4.78 is 7.22. The number of hydrogen-bond acceptors (Lipinski definition) is 4. The van der Waals surface area contributed by atoms with Gasteiger partial charge < -0.3 is 4.74 Å². The van der Waals surface area contributed by atoms with Crippen molar-refractivity contribution in [1.82, 2.24) is 14.8 Å². The van der Waals surface area contributed by atoms with Crippen LogP contribution in [0.5, 0.6) is 0 Å². The van der Waals surface area contributed by atoms with Gasteiger partial charge in [-0.25, -0.2) is 19.8 Å². The third kappa shape index (κ3) is 5.15. The molecule has 1 aromatic rings. The largest absolute Gasteiger partial charge is 0.358 e. The van der Waals surface area contributed by atoms with Crippen molar-refractivity contribution >= 4 is 15.9 Å². The molecule has 1 amide bonds. The van der Waals surface area contributed by atoms with Crippen molar-refractivity contribution in [3.8, 4) is 0 Å². The molecule has 0 saturated heterocycles. The van der Waals surface area contributed by atoms with Crippen molar-refractivity contribution < 1.29 is 14.4 Å². The third-order valence-corrected chi connectivity index (χ3v) is 6.06. The Morgan fingerprint density at radius 2 is 2.20 bits per heavy atom. The van der Waals surface area contributed by atoms with E-state index in [0.29, 0.717) is 12.3 Å². The first kappa shape index (κ1) is 17.0. The molecule has 6 nitrogen and oxygen atoms in total. The van der Waals surface area contributed by atoms with E-state index in [1.807, 2.05) is 0 Å². The van der Waals surface area contributed by atoms with Gasteiger partial charge in [0.2, 0.25) is 0 Å². The van der Waals surface area contributed by atoms with Crippen LogP contribution >= 0.6 is 10.0 Å². The predicted octanol–water partition coefficient (Wildman–Crippen LogP) is 1.57. The molecule has 7 heteroatoms. The Morgan fingerprint density at radius 1 is 1.50 bits per heavy atom. The summed E-state index contributed by atoms with van der Waals surface area (Å²) in [5, 5.41) is 5.27. The summed E-state index contributed by atoms with van der Waals surface area (Å²) in [6, 6.07) is 0. The van der Waals surface area contributed by atoms with E-state index in [1.165, 1.54) is 19.1 Å². The molecule has 0 aliphatic heterocycles. The molecule has 0 atom stereocenters. The zero-order chi connectivity index (χ0) is 15.2. The molecule has 0 aromatic carbocycles. The molecule has 0 unspecified atom stereocenters. The number of aromatic nitrogens is 2. The van der Waals surface area contributed by atoms with Crippen LogP contribution in [0.15, 0.2) is 12.4 Å². The van der Waals surface area contributed by atoms with Crippen LogP contribution in [-0.2, 0) is 16.3 Å². The van der Waals surface area contributed by atoms with E-state index in [-0.39, 0.29) is 5.91 Å². The maximum atomic E-state index is 11.8. The summed E-state index contributed by atoms with van der Waals surface area (Å²) >= 11 is 0. The van der Waals surface area contributed by atoms with E-state index in [2.05, 4.69) is 24.5 Å². The van der Waals surface area contributed by atoms with Crippen LogP contribution < -0.4 is 0 Å². The number of rotatable bonds is 8. The predicted molar refractivity (Wildman–Crippen MR) is 82.1 cm³/mol. The molecule has 1 aromatic heterocycles. The van der Waals surface area contributed by atoms with Crippen molar-refractivity contribution in [1.29, 1.82) is 0 Å². The Kier molecular flexibility index (Phi) is 6.51. The monoisotopic (exact) mass is 303 g/mol. The summed E-state index contributed by atoms with van der Waals surface area (Å²) in [4.78, 5) is 16.6. The lowest BCUT2D eigenvalue weighted by Crippen LogP contribution is -2.24. The zero-order valence-corrected chi connectivity index (χ0v) is 13.8. The summed E-state index contributed by atoms with van der Waals surface area (Å²) in [5.74, 6) is 2.07. The Hall–Kier alpha value is -1.05. The highest BCUT2D eigenvalue weighted by Crippen LogP contribution is 2.38. The highest BCUT2D eigenvalue weighted by Gasteiger charge is 2.13. The normalized spacial score (nSPS) is 12.4. The Balaban J connectivity index is 2.40. The number of ether oxygens (including phenoxy) is 1. The SMILES string of the molecule is CCS(C)(C)CCOCn1cc(C(=O)N(C)OC)cn1. The molecule has 0 spiro atoms. The molecule has 1 rings (SSSR count). The van der Waals surface area contributed by atoms with Crippen LogP contribution in [0.2, 0.25) is 0 Å². The number of carbonyl (C=O) groups is 1. The molecule has 0 radical (unpaired) electrons. The van der Waals surface area contributed by atoms with Crippen LogP contribution in [0.25, 0.3) is 0 Å². The summed E-state index contributed by atoms with van der Waals surface area (Å²) in [7, 11) is 2.48. The van der Waals surface area contributed by atoms with Crippen LogP contribution in [0.4, 0.5) is 0 Å². The minimum absolute atomic E-state index is 0.227. The lowest BCUT2D eigenvalue weighted by molar-refractivity contribution is -0.0757. The molecule has 0 fully saturated rings. The molecule has 0 aliphatic carbocycles. The number of amides is 1.